The monoisotopic (exact) mass is 454 g/mol. The van der Waals surface area contributed by atoms with Gasteiger partial charge in [-0.3, -0.25) is 9.59 Å². The quantitative estimate of drug-likeness (QED) is 0.589. The van der Waals surface area contributed by atoms with E-state index in [0.717, 1.165) is 11.1 Å². The number of hydrogen-bond acceptors (Lipinski definition) is 5. The van der Waals surface area contributed by atoms with Crippen LogP contribution in [0.3, 0.4) is 0 Å². The van der Waals surface area contributed by atoms with E-state index in [9.17, 15) is 18.0 Å². The van der Waals surface area contributed by atoms with Crippen LogP contribution in [-0.4, -0.2) is 62.2 Å². The molecule has 8 nitrogen and oxygen atoms in total. The van der Waals surface area contributed by atoms with Crippen LogP contribution in [0.25, 0.3) is 10.9 Å². The van der Waals surface area contributed by atoms with Gasteiger partial charge in [-0.25, -0.2) is 8.42 Å². The molecule has 3 aromatic rings. The second kappa shape index (κ2) is 8.85. The van der Waals surface area contributed by atoms with Crippen molar-refractivity contribution in [2.75, 3.05) is 33.7 Å². The Labute approximate surface area is 186 Å². The summed E-state index contributed by atoms with van der Waals surface area (Å²) < 4.78 is 28.0. The van der Waals surface area contributed by atoms with Gasteiger partial charge >= 0.3 is 0 Å². The van der Waals surface area contributed by atoms with Crippen molar-refractivity contribution in [3.8, 4) is 0 Å². The lowest BCUT2D eigenvalue weighted by molar-refractivity contribution is 0.0950. The average Bonchev–Trinajstić information content (AvgIpc) is 2.78. The average molecular weight is 455 g/mol. The van der Waals surface area contributed by atoms with Crippen molar-refractivity contribution in [1.82, 2.24) is 19.5 Å². The van der Waals surface area contributed by atoms with E-state index in [1.807, 2.05) is 43.3 Å². The maximum atomic E-state index is 13.3. The van der Waals surface area contributed by atoms with Crippen LogP contribution < -0.4 is 10.7 Å². The fourth-order valence-electron chi connectivity index (χ4n) is 3.84. The van der Waals surface area contributed by atoms with E-state index in [0.29, 0.717) is 38.1 Å². The molecule has 2 heterocycles. The molecule has 1 aliphatic rings. The summed E-state index contributed by atoms with van der Waals surface area (Å²) in [6, 6.07) is 12.2. The second-order valence-corrected chi connectivity index (χ2v) is 10.1. The van der Waals surface area contributed by atoms with Gasteiger partial charge in [-0.05, 0) is 49.8 Å². The molecule has 1 amide bonds. The number of fused-ring (bicyclic) bond motifs is 2. The van der Waals surface area contributed by atoms with Crippen LogP contribution in [0.4, 0.5) is 0 Å². The molecule has 2 aromatic carbocycles. The number of likely N-dealkylation sites (N-methyl/N-ethyl adjacent to an activating group) is 1. The number of pyridine rings is 1. The van der Waals surface area contributed by atoms with Gasteiger partial charge in [0.2, 0.25) is 15.5 Å². The van der Waals surface area contributed by atoms with Gasteiger partial charge in [-0.15, -0.1) is 0 Å². The maximum absolute atomic E-state index is 13.3. The minimum Gasteiger partial charge on any atom is -0.360 e. The molecule has 0 atom stereocenters. The summed E-state index contributed by atoms with van der Waals surface area (Å²) in [5.74, 6) is -0.490. The number of hydrogen-bond donors (Lipinski definition) is 2. The van der Waals surface area contributed by atoms with E-state index < -0.39 is 21.4 Å². The fraction of sp³-hybridized carbons (Fsp3) is 0.304. The number of nitrogens with one attached hydrogen (secondary N) is 2. The number of benzene rings is 2. The summed E-state index contributed by atoms with van der Waals surface area (Å²) in [7, 11) is -0.0217. The van der Waals surface area contributed by atoms with Gasteiger partial charge in [0.15, 0.2) is 0 Å². The highest BCUT2D eigenvalue weighted by Gasteiger charge is 2.28. The van der Waals surface area contributed by atoms with Crippen LogP contribution in [0.15, 0.2) is 58.4 Å². The molecule has 0 unspecified atom stereocenters. The second-order valence-electron chi connectivity index (χ2n) is 8.16. The number of sulfonamides is 1. The lowest BCUT2D eigenvalue weighted by Crippen LogP contribution is -2.36. The third kappa shape index (κ3) is 4.32. The summed E-state index contributed by atoms with van der Waals surface area (Å²) in [4.78, 5) is 30.3. The first-order valence-corrected chi connectivity index (χ1v) is 11.9. The van der Waals surface area contributed by atoms with Gasteiger partial charge in [-0.1, -0.05) is 24.3 Å². The van der Waals surface area contributed by atoms with Gasteiger partial charge in [0, 0.05) is 43.3 Å². The number of carbonyl (C=O) groups excluding carboxylic acids is 1. The molecule has 0 saturated heterocycles. The van der Waals surface area contributed by atoms with Gasteiger partial charge in [-0.2, -0.15) is 4.31 Å². The number of aromatic nitrogens is 1. The molecule has 1 aliphatic heterocycles. The molecule has 0 aliphatic carbocycles. The Balaban J connectivity index is 1.65. The van der Waals surface area contributed by atoms with Gasteiger partial charge in [0.05, 0.1) is 4.90 Å². The van der Waals surface area contributed by atoms with E-state index in [-0.39, 0.29) is 15.8 Å². The van der Waals surface area contributed by atoms with Crippen molar-refractivity contribution < 1.29 is 13.2 Å². The molecule has 0 spiro atoms. The van der Waals surface area contributed by atoms with E-state index in [4.69, 9.17) is 0 Å². The van der Waals surface area contributed by atoms with Crippen LogP contribution in [0.5, 0.6) is 0 Å². The zero-order valence-corrected chi connectivity index (χ0v) is 18.9. The van der Waals surface area contributed by atoms with Crippen LogP contribution in [-0.2, 0) is 23.0 Å². The summed E-state index contributed by atoms with van der Waals surface area (Å²) in [5.41, 5.74) is 2.07. The Hall–Kier alpha value is -3.01. The third-order valence-electron chi connectivity index (χ3n) is 5.67. The molecule has 0 saturated carbocycles. The summed E-state index contributed by atoms with van der Waals surface area (Å²) >= 11 is 0. The zero-order chi connectivity index (χ0) is 22.9. The van der Waals surface area contributed by atoms with E-state index in [1.165, 1.54) is 22.6 Å². The molecule has 2 N–H and O–H groups in total. The first-order chi connectivity index (χ1) is 15.3. The largest absolute Gasteiger partial charge is 0.360 e. The molecule has 0 radical (unpaired) electrons. The lowest BCUT2D eigenvalue weighted by atomic mass is 10.0. The number of H-pyrrole nitrogens is 1. The summed E-state index contributed by atoms with van der Waals surface area (Å²) in [6.45, 7) is 1.70. The Morgan fingerprint density at radius 3 is 2.66 bits per heavy atom. The molecule has 1 aromatic heterocycles. The van der Waals surface area contributed by atoms with Crippen LogP contribution in [0, 0.1) is 0 Å². The highest BCUT2D eigenvalue weighted by Crippen LogP contribution is 2.26. The predicted molar refractivity (Wildman–Crippen MR) is 123 cm³/mol. The number of aromatic amines is 1. The van der Waals surface area contributed by atoms with E-state index in [2.05, 4.69) is 10.3 Å². The fourth-order valence-corrected chi connectivity index (χ4v) is 5.28. The maximum Gasteiger partial charge on any atom is 0.256 e. The first kappa shape index (κ1) is 22.2. The van der Waals surface area contributed by atoms with E-state index >= 15 is 0 Å². The number of rotatable bonds is 6. The molecule has 0 bridgehead atoms. The van der Waals surface area contributed by atoms with Crippen molar-refractivity contribution in [3.63, 3.8) is 0 Å². The highest BCUT2D eigenvalue weighted by molar-refractivity contribution is 7.89. The van der Waals surface area contributed by atoms with Crippen molar-refractivity contribution in [2.45, 2.75) is 17.9 Å². The molecular weight excluding hydrogens is 428 g/mol. The third-order valence-corrected chi connectivity index (χ3v) is 7.52. The lowest BCUT2D eigenvalue weighted by Gasteiger charge is -2.28. The van der Waals surface area contributed by atoms with Crippen LogP contribution >= 0.6 is 0 Å². The molecular formula is C23H26N4O4S. The van der Waals surface area contributed by atoms with Crippen molar-refractivity contribution in [2.24, 2.45) is 0 Å². The predicted octanol–water partition coefficient (Wildman–Crippen LogP) is 1.57. The van der Waals surface area contributed by atoms with Gasteiger partial charge in [0.1, 0.15) is 5.56 Å². The topological polar surface area (TPSA) is 103 Å². The summed E-state index contributed by atoms with van der Waals surface area (Å²) in [5, 5.41) is 2.88. The molecule has 9 heteroatoms. The van der Waals surface area contributed by atoms with Crippen LogP contribution in [0.1, 0.15) is 21.5 Å². The Morgan fingerprint density at radius 2 is 1.91 bits per heavy atom. The molecule has 168 valence electrons. The number of carbonyl (C=O) groups is 1. The first-order valence-electron chi connectivity index (χ1n) is 10.4. The van der Waals surface area contributed by atoms with Crippen molar-refractivity contribution in [1.29, 1.82) is 0 Å². The number of amides is 1. The highest BCUT2D eigenvalue weighted by atomic mass is 32.2. The minimum absolute atomic E-state index is 0.0417. The van der Waals surface area contributed by atoms with Crippen molar-refractivity contribution >= 4 is 26.8 Å². The smallest absolute Gasteiger partial charge is 0.256 e. The minimum atomic E-state index is -3.80. The Morgan fingerprint density at radius 1 is 1.16 bits per heavy atom. The molecule has 32 heavy (non-hydrogen) atoms. The van der Waals surface area contributed by atoms with Gasteiger partial charge < -0.3 is 15.2 Å². The standard InChI is InChI=1S/C23H26N4O4S/c1-26(2)12-10-24-23(29)20-14-25-21-8-7-18(13-19(21)22(20)28)32(30,31)27-11-9-16-5-3-4-6-17(16)15-27/h3-8,13-14H,9-12,15H2,1-2H3,(H,24,29)(H,25,28). The van der Waals surface area contributed by atoms with E-state index in [1.54, 1.807) is 6.07 Å². The normalized spacial score (nSPS) is 14.5. The summed E-state index contributed by atoms with van der Waals surface area (Å²) in [6.07, 6.45) is 2.01. The van der Waals surface area contributed by atoms with Crippen LogP contribution in [0.2, 0.25) is 0 Å². The van der Waals surface area contributed by atoms with Gasteiger partial charge in [0.25, 0.3) is 5.91 Å². The SMILES string of the molecule is CN(C)CCNC(=O)c1c[nH]c2ccc(S(=O)(=O)N3CCc4ccccc4C3)cc2c1=O. The molecule has 4 rings (SSSR count). The zero-order valence-electron chi connectivity index (χ0n) is 18.1. The number of nitrogens with zero attached hydrogens (tertiary/aromatic N) is 2. The Bertz CT molecular complexity index is 1330. The Kier molecular flexibility index (Phi) is 6.14. The molecule has 0 fully saturated rings. The van der Waals surface area contributed by atoms with Crippen molar-refractivity contribution in [3.05, 3.63) is 75.6 Å².